The molecule has 0 heterocycles. The normalized spacial score (nSPS) is 13.9. The van der Waals surface area contributed by atoms with Gasteiger partial charge in [-0.3, -0.25) is 4.55 Å². The maximum Gasteiger partial charge on any atom is 1.00 e. The zero-order chi connectivity index (χ0) is 11.6. The van der Waals surface area contributed by atoms with E-state index < -0.39 is 33.4 Å². The first-order chi connectivity index (χ1) is 6.17. The molecule has 0 fully saturated rings. The van der Waals surface area contributed by atoms with E-state index in [-0.39, 0.29) is 59.1 Å². The Labute approximate surface area is 134 Å². The molecule has 0 aliphatic heterocycles. The number of carbonyl (C=O) groups excluding carboxylic acids is 2. The second-order valence-electron chi connectivity index (χ2n) is 2.16. The first-order valence-corrected chi connectivity index (χ1v) is 4.32. The fourth-order valence-electron chi connectivity index (χ4n) is 0.575. The third-order valence-corrected chi connectivity index (χ3v) is 2.47. The Hall–Kier alpha value is 0.770. The zero-order valence-electron chi connectivity index (χ0n) is 8.37. The Morgan fingerprint density at radius 2 is 1.62 bits per heavy atom. The van der Waals surface area contributed by atoms with Gasteiger partial charge in [0.05, 0.1) is 5.97 Å². The zero-order valence-corrected chi connectivity index (χ0v) is 13.2. The Morgan fingerprint density at radius 3 is 1.69 bits per heavy atom. The van der Waals surface area contributed by atoms with Crippen LogP contribution in [0.2, 0.25) is 0 Å². The molecular formula is C4H4Na2O9S. The van der Waals surface area contributed by atoms with Crippen LogP contribution in [0.4, 0.5) is 0 Å². The second-order valence-corrected chi connectivity index (χ2v) is 3.77. The molecule has 0 amide bonds. The van der Waals surface area contributed by atoms with Gasteiger partial charge < -0.3 is 19.8 Å². The summed E-state index contributed by atoms with van der Waals surface area (Å²) in [6.45, 7) is 0. The molecule has 9 nitrogen and oxygen atoms in total. The predicted molar refractivity (Wildman–Crippen MR) is 32.6 cm³/mol. The molecule has 0 aromatic heterocycles. The van der Waals surface area contributed by atoms with Gasteiger partial charge in [0, 0.05) is 12.4 Å². The first-order valence-electron chi connectivity index (χ1n) is 2.88. The molecule has 0 bridgehead atoms. The van der Waals surface area contributed by atoms with Crippen LogP contribution in [0.3, 0.4) is 0 Å². The van der Waals surface area contributed by atoms with Crippen molar-refractivity contribution >= 4 is 22.1 Å². The van der Waals surface area contributed by atoms with Crippen LogP contribution >= 0.6 is 0 Å². The van der Waals surface area contributed by atoms with Crippen LogP contribution in [-0.2, 0) is 24.6 Å². The summed E-state index contributed by atoms with van der Waals surface area (Å²) in [4.78, 5) is 19.3. The van der Waals surface area contributed by atoms with Gasteiger partial charge in [-0.1, -0.05) is 0 Å². The summed E-state index contributed by atoms with van der Waals surface area (Å²) in [7, 11) is -5.53. The fourth-order valence-corrected chi connectivity index (χ4v) is 1.18. The van der Waals surface area contributed by atoms with E-state index in [0.29, 0.717) is 0 Å². The molecule has 0 saturated heterocycles. The SMILES string of the molecule is O=C([O-])CC(OO)(C(=O)[O-])S(=O)(=O)O.[Na+].[Na+]. The van der Waals surface area contributed by atoms with E-state index >= 15 is 0 Å². The molecule has 0 aromatic rings. The summed E-state index contributed by atoms with van der Waals surface area (Å²) in [5.41, 5.74) is 0. The molecule has 0 aromatic carbocycles. The summed E-state index contributed by atoms with van der Waals surface area (Å²) >= 11 is 0. The molecule has 1 atom stereocenters. The average molecular weight is 274 g/mol. The summed E-state index contributed by atoms with van der Waals surface area (Å²) in [5, 5.41) is 28.1. The van der Waals surface area contributed by atoms with Gasteiger partial charge in [0.25, 0.3) is 4.93 Å². The van der Waals surface area contributed by atoms with E-state index in [2.05, 4.69) is 4.89 Å². The van der Waals surface area contributed by atoms with E-state index in [1.54, 1.807) is 0 Å². The van der Waals surface area contributed by atoms with Gasteiger partial charge in [0.15, 0.2) is 0 Å². The van der Waals surface area contributed by atoms with Gasteiger partial charge >= 0.3 is 69.2 Å². The van der Waals surface area contributed by atoms with Crippen molar-refractivity contribution in [3.05, 3.63) is 0 Å². The molecule has 1 unspecified atom stereocenters. The Morgan fingerprint density at radius 1 is 1.25 bits per heavy atom. The van der Waals surface area contributed by atoms with Crippen LogP contribution in [-0.4, -0.2) is 35.1 Å². The monoisotopic (exact) mass is 274 g/mol. The maximum absolute atomic E-state index is 10.4. The van der Waals surface area contributed by atoms with Crippen LogP contribution < -0.4 is 69.3 Å². The number of carboxylic acids is 2. The molecule has 12 heteroatoms. The number of hydrogen-bond acceptors (Lipinski definition) is 8. The topological polar surface area (TPSA) is 164 Å². The smallest absolute Gasteiger partial charge is 0.550 e. The van der Waals surface area contributed by atoms with Gasteiger partial charge in [0.1, 0.15) is 0 Å². The number of carbonyl (C=O) groups is 2. The van der Waals surface area contributed by atoms with E-state index in [0.717, 1.165) is 0 Å². The number of rotatable bonds is 5. The molecule has 0 aliphatic rings. The van der Waals surface area contributed by atoms with E-state index in [9.17, 15) is 28.2 Å². The Kier molecular flexibility index (Phi) is 11.0. The summed E-state index contributed by atoms with van der Waals surface area (Å²) in [6, 6.07) is 0. The average Bonchev–Trinajstić information content (AvgIpc) is 1.96. The van der Waals surface area contributed by atoms with Gasteiger partial charge in [-0.2, -0.15) is 8.42 Å². The quantitative estimate of drug-likeness (QED) is 0.214. The van der Waals surface area contributed by atoms with Crippen LogP contribution in [0, 0.1) is 0 Å². The van der Waals surface area contributed by atoms with E-state index in [1.165, 1.54) is 0 Å². The largest absolute Gasteiger partial charge is 1.00 e. The molecular weight excluding hydrogens is 270 g/mol. The molecule has 0 aliphatic carbocycles. The van der Waals surface area contributed by atoms with Crippen molar-refractivity contribution in [2.45, 2.75) is 11.4 Å². The van der Waals surface area contributed by atoms with Crippen LogP contribution in [0.5, 0.6) is 0 Å². The molecule has 0 saturated carbocycles. The van der Waals surface area contributed by atoms with E-state index in [1.807, 2.05) is 0 Å². The van der Waals surface area contributed by atoms with Gasteiger partial charge in [-0.05, 0) is 0 Å². The minimum atomic E-state index is -5.53. The molecule has 82 valence electrons. The fraction of sp³-hybridized carbons (Fsp3) is 0.500. The van der Waals surface area contributed by atoms with Crippen molar-refractivity contribution in [3.63, 3.8) is 0 Å². The van der Waals surface area contributed by atoms with Gasteiger partial charge in [0.2, 0.25) is 0 Å². The molecule has 0 rings (SSSR count). The molecule has 2 N–H and O–H groups in total. The third-order valence-electron chi connectivity index (χ3n) is 1.25. The summed E-state index contributed by atoms with van der Waals surface area (Å²) in [6.07, 6.45) is -1.81. The predicted octanol–water partition coefficient (Wildman–Crippen LogP) is -10.0. The Bertz CT molecular complexity index is 351. The van der Waals surface area contributed by atoms with Gasteiger partial charge in [-0.15, -0.1) is 0 Å². The van der Waals surface area contributed by atoms with E-state index in [4.69, 9.17) is 9.81 Å². The summed E-state index contributed by atoms with van der Waals surface area (Å²) in [5.74, 6) is -4.81. The molecule has 0 radical (unpaired) electrons. The van der Waals surface area contributed by atoms with Crippen LogP contribution in [0.1, 0.15) is 6.42 Å². The van der Waals surface area contributed by atoms with Crippen molar-refractivity contribution in [3.8, 4) is 0 Å². The minimum absolute atomic E-state index is 0. The molecule has 16 heavy (non-hydrogen) atoms. The van der Waals surface area contributed by atoms with Crippen molar-refractivity contribution in [1.82, 2.24) is 0 Å². The van der Waals surface area contributed by atoms with Crippen molar-refractivity contribution in [2.24, 2.45) is 0 Å². The minimum Gasteiger partial charge on any atom is -0.550 e. The Balaban J connectivity index is -0.000000845. The molecule has 0 spiro atoms. The second kappa shape index (κ2) is 7.97. The van der Waals surface area contributed by atoms with Gasteiger partial charge in [-0.25, -0.2) is 10.1 Å². The van der Waals surface area contributed by atoms with Crippen LogP contribution in [0.25, 0.3) is 0 Å². The number of aliphatic carboxylic acids is 2. The standard InChI is InChI=1S/C4H6O9S.2Na/c5-2(6)1-4(13-9,3(7)8)14(10,11)12;;/h9H,1H2,(H,5,6)(H,7,8)(H,10,11,12);;/q;2*+1/p-2. The van der Waals surface area contributed by atoms with Crippen molar-refractivity contribution < 1.29 is 102 Å². The van der Waals surface area contributed by atoms with Crippen molar-refractivity contribution in [2.75, 3.05) is 0 Å². The number of carboxylic acid groups (broad SMARTS) is 2. The third kappa shape index (κ3) is 4.96. The van der Waals surface area contributed by atoms with Crippen LogP contribution in [0.15, 0.2) is 0 Å². The maximum atomic E-state index is 10.4. The number of hydrogen-bond donors (Lipinski definition) is 2. The summed E-state index contributed by atoms with van der Waals surface area (Å²) < 4.78 is 29.2. The first kappa shape index (κ1) is 22.0. The van der Waals surface area contributed by atoms with Crippen molar-refractivity contribution in [1.29, 1.82) is 0 Å².